The Morgan fingerprint density at radius 3 is 2.65 bits per heavy atom. The second-order valence-electron chi connectivity index (χ2n) is 6.85. The summed E-state index contributed by atoms with van der Waals surface area (Å²) in [7, 11) is 1.64. The van der Waals surface area contributed by atoms with Gasteiger partial charge in [-0.3, -0.25) is 14.8 Å². The summed E-state index contributed by atoms with van der Waals surface area (Å²) in [5, 5.41) is 9.50. The Morgan fingerprint density at radius 1 is 1.27 bits per heavy atom. The summed E-state index contributed by atoms with van der Waals surface area (Å²) in [6.07, 6.45) is 0.845. The molecule has 0 saturated heterocycles. The van der Waals surface area contributed by atoms with E-state index < -0.39 is 0 Å². The number of carbonyl (C=O) groups excluding carboxylic acids is 1. The first-order valence-corrected chi connectivity index (χ1v) is 9.56. The van der Waals surface area contributed by atoms with Gasteiger partial charge in [0.2, 0.25) is 0 Å². The van der Waals surface area contributed by atoms with Gasteiger partial charge < -0.3 is 4.74 Å². The number of ether oxygens (including phenoxy) is 1. The van der Waals surface area contributed by atoms with Gasteiger partial charge in [0.15, 0.2) is 0 Å². The molecule has 0 radical (unpaired) electrons. The average molecular weight is 367 g/mol. The number of hydrogen-bond acceptors (Lipinski definition) is 4. The van der Waals surface area contributed by atoms with Crippen LogP contribution in [-0.4, -0.2) is 23.2 Å². The van der Waals surface area contributed by atoms with E-state index in [9.17, 15) is 4.79 Å². The van der Waals surface area contributed by atoms with E-state index in [1.54, 1.807) is 18.4 Å². The maximum absolute atomic E-state index is 13.2. The third-order valence-electron chi connectivity index (χ3n) is 4.61. The van der Waals surface area contributed by atoms with Gasteiger partial charge in [-0.2, -0.15) is 5.10 Å². The van der Waals surface area contributed by atoms with Crippen LogP contribution in [-0.2, 0) is 6.42 Å². The lowest BCUT2D eigenvalue weighted by atomic mass is 9.99. The molecule has 1 aliphatic heterocycles. The molecule has 4 rings (SSSR count). The molecule has 0 fully saturated rings. The fourth-order valence-corrected chi connectivity index (χ4v) is 4.30. The summed E-state index contributed by atoms with van der Waals surface area (Å²) in [6.45, 7) is 4.33. The van der Waals surface area contributed by atoms with Crippen LogP contribution in [0.3, 0.4) is 0 Å². The zero-order chi connectivity index (χ0) is 18.3. The second kappa shape index (κ2) is 6.61. The van der Waals surface area contributed by atoms with E-state index in [2.05, 4.69) is 30.1 Å². The monoisotopic (exact) mass is 367 g/mol. The fourth-order valence-electron chi connectivity index (χ4n) is 3.48. The van der Waals surface area contributed by atoms with Crippen molar-refractivity contribution < 1.29 is 9.53 Å². The van der Waals surface area contributed by atoms with Gasteiger partial charge in [-0.1, -0.05) is 19.9 Å². The van der Waals surface area contributed by atoms with E-state index in [1.165, 1.54) is 0 Å². The van der Waals surface area contributed by atoms with Crippen LogP contribution in [0.25, 0.3) is 0 Å². The third kappa shape index (κ3) is 2.70. The van der Waals surface area contributed by atoms with Crippen LogP contribution in [0.5, 0.6) is 5.75 Å². The molecule has 1 unspecified atom stereocenters. The molecule has 0 spiro atoms. The molecule has 6 heteroatoms. The Labute approximate surface area is 156 Å². The Bertz CT molecular complexity index is 913. The summed E-state index contributed by atoms with van der Waals surface area (Å²) in [6, 6.07) is 11.6. The molecular formula is C20H21N3O2S. The van der Waals surface area contributed by atoms with E-state index in [0.29, 0.717) is 11.6 Å². The Hall–Kier alpha value is -2.60. The fraction of sp³-hybridized carbons (Fsp3) is 0.300. The standard InChI is InChI=1S/C20H21N3O2S/c1-12(2)11-15-17-18(22-21-15)20(24)23(19(17)16-5-4-10-26-16)13-6-8-14(25-3)9-7-13/h4-10,12,19H,11H2,1-3H3,(H,21,22). The number of fused-ring (bicyclic) bond motifs is 1. The number of aromatic nitrogens is 2. The number of thiophene rings is 1. The van der Waals surface area contributed by atoms with Crippen molar-refractivity contribution in [2.75, 3.05) is 12.0 Å². The Kier molecular flexibility index (Phi) is 4.28. The van der Waals surface area contributed by atoms with E-state index in [1.807, 2.05) is 40.6 Å². The first kappa shape index (κ1) is 16.8. The molecular weight excluding hydrogens is 346 g/mol. The van der Waals surface area contributed by atoms with E-state index >= 15 is 0 Å². The van der Waals surface area contributed by atoms with Crippen LogP contribution in [0.1, 0.15) is 46.5 Å². The second-order valence-corrected chi connectivity index (χ2v) is 7.83. The van der Waals surface area contributed by atoms with Crippen molar-refractivity contribution in [1.82, 2.24) is 10.2 Å². The van der Waals surface area contributed by atoms with Gasteiger partial charge >= 0.3 is 0 Å². The number of carbonyl (C=O) groups is 1. The predicted octanol–water partition coefficient (Wildman–Crippen LogP) is 4.43. The highest BCUT2D eigenvalue weighted by molar-refractivity contribution is 7.10. The van der Waals surface area contributed by atoms with Gasteiger partial charge in [-0.25, -0.2) is 0 Å². The summed E-state index contributed by atoms with van der Waals surface area (Å²) in [4.78, 5) is 16.2. The Balaban J connectivity index is 1.83. The molecule has 1 N–H and O–H groups in total. The predicted molar refractivity (Wildman–Crippen MR) is 103 cm³/mol. The molecule has 1 aliphatic rings. The molecule has 3 heterocycles. The number of nitrogens with one attached hydrogen (secondary N) is 1. The first-order chi connectivity index (χ1) is 12.6. The summed E-state index contributed by atoms with van der Waals surface area (Å²) >= 11 is 1.66. The number of rotatable bonds is 5. The lowest BCUT2D eigenvalue weighted by molar-refractivity contribution is 0.0989. The number of hydrogen-bond donors (Lipinski definition) is 1. The lowest BCUT2D eigenvalue weighted by Gasteiger charge is -2.25. The molecule has 1 amide bonds. The topological polar surface area (TPSA) is 58.2 Å². The third-order valence-corrected chi connectivity index (χ3v) is 5.54. The summed E-state index contributed by atoms with van der Waals surface area (Å²) < 4.78 is 5.25. The largest absolute Gasteiger partial charge is 0.497 e. The number of benzene rings is 1. The van der Waals surface area contributed by atoms with Gasteiger partial charge in [-0.05, 0) is 48.1 Å². The molecule has 0 bridgehead atoms. The highest BCUT2D eigenvalue weighted by Gasteiger charge is 2.43. The van der Waals surface area contributed by atoms with E-state index in [0.717, 1.165) is 34.0 Å². The molecule has 0 saturated carbocycles. The van der Waals surface area contributed by atoms with Crippen molar-refractivity contribution in [2.45, 2.75) is 26.3 Å². The number of H-pyrrole nitrogens is 1. The average Bonchev–Trinajstić information content (AvgIpc) is 3.34. The van der Waals surface area contributed by atoms with Gasteiger partial charge in [0.05, 0.1) is 12.8 Å². The normalized spacial score (nSPS) is 16.4. The molecule has 0 aliphatic carbocycles. The zero-order valence-electron chi connectivity index (χ0n) is 15.0. The van der Waals surface area contributed by atoms with E-state index in [4.69, 9.17) is 4.74 Å². The molecule has 5 nitrogen and oxygen atoms in total. The van der Waals surface area contributed by atoms with Crippen molar-refractivity contribution in [2.24, 2.45) is 5.92 Å². The van der Waals surface area contributed by atoms with Gasteiger partial charge in [-0.15, -0.1) is 11.3 Å². The smallest absolute Gasteiger partial charge is 0.277 e. The van der Waals surface area contributed by atoms with Gasteiger partial charge in [0, 0.05) is 16.1 Å². The molecule has 1 aromatic carbocycles. The minimum absolute atomic E-state index is 0.0360. The van der Waals surface area contributed by atoms with Crippen molar-refractivity contribution in [1.29, 1.82) is 0 Å². The van der Waals surface area contributed by atoms with Gasteiger partial charge in [0.1, 0.15) is 17.5 Å². The Morgan fingerprint density at radius 2 is 2.04 bits per heavy atom. The van der Waals surface area contributed by atoms with Crippen LogP contribution in [0.15, 0.2) is 41.8 Å². The van der Waals surface area contributed by atoms with Crippen molar-refractivity contribution in [3.8, 4) is 5.75 Å². The van der Waals surface area contributed by atoms with Crippen LogP contribution < -0.4 is 9.64 Å². The number of amides is 1. The number of aromatic amines is 1. The van der Waals surface area contributed by atoms with Crippen LogP contribution in [0.4, 0.5) is 5.69 Å². The van der Waals surface area contributed by atoms with Gasteiger partial charge in [0.25, 0.3) is 5.91 Å². The lowest BCUT2D eigenvalue weighted by Crippen LogP contribution is -2.29. The highest BCUT2D eigenvalue weighted by atomic mass is 32.1. The summed E-state index contributed by atoms with van der Waals surface area (Å²) in [5.74, 6) is 1.20. The zero-order valence-corrected chi connectivity index (χ0v) is 15.8. The number of methoxy groups -OCH3 is 1. The molecule has 1 atom stereocenters. The van der Waals surface area contributed by atoms with Crippen LogP contribution in [0, 0.1) is 5.92 Å². The van der Waals surface area contributed by atoms with E-state index in [-0.39, 0.29) is 11.9 Å². The minimum Gasteiger partial charge on any atom is -0.497 e. The molecule has 134 valence electrons. The highest BCUT2D eigenvalue weighted by Crippen LogP contribution is 2.44. The van der Waals surface area contributed by atoms with Crippen molar-refractivity contribution in [3.05, 3.63) is 63.6 Å². The molecule has 2 aromatic heterocycles. The van der Waals surface area contributed by atoms with Crippen molar-refractivity contribution >= 4 is 22.9 Å². The first-order valence-electron chi connectivity index (χ1n) is 8.68. The minimum atomic E-state index is -0.140. The SMILES string of the molecule is COc1ccc(N2C(=O)c3[nH]nc(CC(C)C)c3C2c2cccs2)cc1. The molecule has 26 heavy (non-hydrogen) atoms. The number of anilines is 1. The number of nitrogens with zero attached hydrogens (tertiary/aromatic N) is 2. The summed E-state index contributed by atoms with van der Waals surface area (Å²) in [5.41, 5.74) is 3.46. The quantitative estimate of drug-likeness (QED) is 0.726. The van der Waals surface area contributed by atoms with Crippen LogP contribution >= 0.6 is 11.3 Å². The van der Waals surface area contributed by atoms with Crippen molar-refractivity contribution in [3.63, 3.8) is 0 Å². The maximum atomic E-state index is 13.2. The molecule has 3 aromatic rings. The maximum Gasteiger partial charge on any atom is 0.277 e. The van der Waals surface area contributed by atoms with Crippen LogP contribution in [0.2, 0.25) is 0 Å².